The lowest BCUT2D eigenvalue weighted by molar-refractivity contribution is 0.213. The molecule has 0 amide bonds. The lowest BCUT2D eigenvalue weighted by atomic mass is 10.2. The van der Waals surface area contributed by atoms with Crippen molar-refractivity contribution in [3.63, 3.8) is 0 Å². The summed E-state index contributed by atoms with van der Waals surface area (Å²) in [6, 6.07) is 0.192. The van der Waals surface area contributed by atoms with Gasteiger partial charge < -0.3 is 0 Å². The van der Waals surface area contributed by atoms with E-state index in [1.54, 1.807) is 5.01 Å². The molecule has 2 unspecified atom stereocenters. The van der Waals surface area contributed by atoms with Gasteiger partial charge in [0.25, 0.3) is 0 Å². The Morgan fingerprint density at radius 2 is 1.64 bits per heavy atom. The standard InChI is InChI=1S/C6H12N2O2S/c7-8-5-1-2-6(8)4-11(9,10)3-5/h5-6H,1-4,7H2. The van der Waals surface area contributed by atoms with E-state index in [1.165, 1.54) is 0 Å². The molecule has 0 aromatic rings. The number of fused-ring (bicyclic) bond motifs is 2. The molecule has 0 aromatic heterocycles. The van der Waals surface area contributed by atoms with Crippen LogP contribution in [0.3, 0.4) is 0 Å². The first kappa shape index (κ1) is 7.52. The summed E-state index contributed by atoms with van der Waals surface area (Å²) in [6.07, 6.45) is 1.89. The normalized spacial score (nSPS) is 42.6. The first-order valence-corrected chi connectivity index (χ1v) is 5.64. The topological polar surface area (TPSA) is 63.4 Å². The highest BCUT2D eigenvalue weighted by Gasteiger charge is 2.41. The van der Waals surface area contributed by atoms with Crippen molar-refractivity contribution in [2.75, 3.05) is 11.5 Å². The van der Waals surface area contributed by atoms with Crippen molar-refractivity contribution in [1.82, 2.24) is 5.01 Å². The Morgan fingerprint density at radius 3 is 2.09 bits per heavy atom. The monoisotopic (exact) mass is 176 g/mol. The Morgan fingerprint density at radius 1 is 1.18 bits per heavy atom. The van der Waals surface area contributed by atoms with Gasteiger partial charge in [0, 0.05) is 12.1 Å². The molecule has 2 N–H and O–H groups in total. The summed E-state index contributed by atoms with van der Waals surface area (Å²) in [5, 5.41) is 1.72. The molecule has 0 saturated carbocycles. The second-order valence-electron chi connectivity index (χ2n) is 3.41. The maximum atomic E-state index is 11.2. The van der Waals surface area contributed by atoms with E-state index in [0.29, 0.717) is 0 Å². The van der Waals surface area contributed by atoms with Crippen molar-refractivity contribution >= 4 is 9.84 Å². The molecular weight excluding hydrogens is 164 g/mol. The minimum Gasteiger partial charge on any atom is -0.268 e. The van der Waals surface area contributed by atoms with E-state index in [0.717, 1.165) is 12.8 Å². The van der Waals surface area contributed by atoms with Crippen molar-refractivity contribution in [2.45, 2.75) is 24.9 Å². The maximum Gasteiger partial charge on any atom is 0.153 e. The van der Waals surface area contributed by atoms with E-state index >= 15 is 0 Å². The smallest absolute Gasteiger partial charge is 0.153 e. The predicted octanol–water partition coefficient (Wildman–Crippen LogP) is -0.878. The lowest BCUT2D eigenvalue weighted by Crippen LogP contribution is -2.52. The Hall–Kier alpha value is -0.130. The molecule has 4 nitrogen and oxygen atoms in total. The number of hydrogen-bond donors (Lipinski definition) is 1. The third kappa shape index (κ3) is 1.17. The maximum absolute atomic E-state index is 11.2. The summed E-state index contributed by atoms with van der Waals surface area (Å²) >= 11 is 0. The molecule has 2 aliphatic rings. The fourth-order valence-electron chi connectivity index (χ4n) is 1.97. The lowest BCUT2D eigenvalue weighted by Gasteiger charge is -2.29. The molecule has 2 saturated heterocycles. The molecule has 2 heterocycles. The van der Waals surface area contributed by atoms with Crippen LogP contribution in [0.5, 0.6) is 0 Å². The number of rotatable bonds is 0. The number of hydrogen-bond acceptors (Lipinski definition) is 4. The average Bonchev–Trinajstić information content (AvgIpc) is 2.19. The van der Waals surface area contributed by atoms with Crippen LogP contribution in [0.1, 0.15) is 12.8 Å². The zero-order chi connectivity index (χ0) is 8.06. The minimum absolute atomic E-state index is 0.0961. The second kappa shape index (κ2) is 2.18. The zero-order valence-corrected chi connectivity index (χ0v) is 7.05. The van der Waals surface area contributed by atoms with E-state index in [1.807, 2.05) is 0 Å². The Kier molecular flexibility index (Phi) is 1.49. The van der Waals surface area contributed by atoms with Crippen LogP contribution in [0.25, 0.3) is 0 Å². The van der Waals surface area contributed by atoms with Crippen LogP contribution in [0.15, 0.2) is 0 Å². The summed E-state index contributed by atoms with van der Waals surface area (Å²) in [5.41, 5.74) is 0. The van der Waals surface area contributed by atoms with Crippen LogP contribution in [-0.2, 0) is 9.84 Å². The molecule has 0 spiro atoms. The number of hydrazine groups is 1. The van der Waals surface area contributed by atoms with E-state index in [4.69, 9.17) is 5.84 Å². The third-order valence-electron chi connectivity index (χ3n) is 2.57. The highest BCUT2D eigenvalue weighted by molar-refractivity contribution is 7.91. The highest BCUT2D eigenvalue weighted by Crippen LogP contribution is 2.27. The van der Waals surface area contributed by atoms with Gasteiger partial charge in [0.1, 0.15) is 0 Å². The molecule has 0 aromatic carbocycles. The van der Waals surface area contributed by atoms with Gasteiger partial charge in [-0.05, 0) is 12.8 Å². The first-order valence-electron chi connectivity index (χ1n) is 3.82. The highest BCUT2D eigenvalue weighted by atomic mass is 32.2. The van der Waals surface area contributed by atoms with Gasteiger partial charge in [-0.25, -0.2) is 13.4 Å². The van der Waals surface area contributed by atoms with Gasteiger partial charge in [0.05, 0.1) is 11.5 Å². The third-order valence-corrected chi connectivity index (χ3v) is 4.35. The molecular formula is C6H12N2O2S. The van der Waals surface area contributed by atoms with Gasteiger partial charge >= 0.3 is 0 Å². The van der Waals surface area contributed by atoms with Crippen LogP contribution in [0.4, 0.5) is 0 Å². The fraction of sp³-hybridized carbons (Fsp3) is 1.00. The Balaban J connectivity index is 2.27. The number of nitrogens with zero attached hydrogens (tertiary/aromatic N) is 1. The van der Waals surface area contributed by atoms with E-state index in [2.05, 4.69) is 0 Å². The van der Waals surface area contributed by atoms with Gasteiger partial charge in [0.15, 0.2) is 9.84 Å². The summed E-state index contributed by atoms with van der Waals surface area (Å²) in [4.78, 5) is 0. The van der Waals surface area contributed by atoms with Crippen LogP contribution in [0, 0.1) is 0 Å². The Labute approximate surface area is 66.2 Å². The van der Waals surface area contributed by atoms with Crippen molar-refractivity contribution in [2.24, 2.45) is 5.84 Å². The van der Waals surface area contributed by atoms with Crippen molar-refractivity contribution < 1.29 is 8.42 Å². The quantitative estimate of drug-likeness (QED) is 0.487. The van der Waals surface area contributed by atoms with Gasteiger partial charge in [-0.1, -0.05) is 0 Å². The van der Waals surface area contributed by atoms with E-state index < -0.39 is 9.84 Å². The molecule has 2 aliphatic heterocycles. The van der Waals surface area contributed by atoms with E-state index in [-0.39, 0.29) is 23.6 Å². The van der Waals surface area contributed by atoms with Crippen molar-refractivity contribution in [3.05, 3.63) is 0 Å². The van der Waals surface area contributed by atoms with E-state index in [9.17, 15) is 8.42 Å². The van der Waals surface area contributed by atoms with Crippen LogP contribution < -0.4 is 5.84 Å². The molecule has 2 atom stereocenters. The van der Waals surface area contributed by atoms with Gasteiger partial charge in [-0.3, -0.25) is 5.84 Å². The summed E-state index contributed by atoms with van der Waals surface area (Å²) in [6.45, 7) is 0. The summed E-state index contributed by atoms with van der Waals surface area (Å²) < 4.78 is 22.3. The van der Waals surface area contributed by atoms with Gasteiger partial charge in [-0.15, -0.1) is 0 Å². The minimum atomic E-state index is -2.77. The largest absolute Gasteiger partial charge is 0.268 e. The van der Waals surface area contributed by atoms with Crippen LogP contribution in [-0.4, -0.2) is 37.0 Å². The first-order chi connectivity index (χ1) is 5.08. The summed E-state index contributed by atoms with van der Waals surface area (Å²) in [5.74, 6) is 6.20. The molecule has 2 fully saturated rings. The zero-order valence-electron chi connectivity index (χ0n) is 6.23. The molecule has 2 rings (SSSR count). The molecule has 0 radical (unpaired) electrons. The van der Waals surface area contributed by atoms with Crippen LogP contribution in [0.2, 0.25) is 0 Å². The summed E-state index contributed by atoms with van der Waals surface area (Å²) in [7, 11) is -2.77. The molecule has 0 aliphatic carbocycles. The SMILES string of the molecule is NN1C2CCC1CS(=O)(=O)C2. The molecule has 11 heavy (non-hydrogen) atoms. The van der Waals surface area contributed by atoms with Crippen LogP contribution >= 0.6 is 0 Å². The number of sulfone groups is 1. The predicted molar refractivity (Wildman–Crippen MR) is 41.5 cm³/mol. The van der Waals surface area contributed by atoms with Crippen molar-refractivity contribution in [3.8, 4) is 0 Å². The van der Waals surface area contributed by atoms with Crippen molar-refractivity contribution in [1.29, 1.82) is 0 Å². The average molecular weight is 176 g/mol. The Bertz CT molecular complexity index is 242. The second-order valence-corrected chi connectivity index (χ2v) is 5.56. The van der Waals surface area contributed by atoms with Gasteiger partial charge in [0.2, 0.25) is 0 Å². The van der Waals surface area contributed by atoms with Gasteiger partial charge in [-0.2, -0.15) is 0 Å². The molecule has 2 bridgehead atoms. The molecule has 64 valence electrons. The fourth-order valence-corrected chi connectivity index (χ4v) is 3.96. The number of nitrogens with two attached hydrogens (primary N) is 1. The molecule has 5 heteroatoms.